The third-order valence-electron chi connectivity index (χ3n) is 5.76. The third-order valence-corrected chi connectivity index (χ3v) is 6.09. The lowest BCUT2D eigenvalue weighted by Crippen LogP contribution is -2.20. The van der Waals surface area contributed by atoms with Crippen molar-refractivity contribution in [3.63, 3.8) is 0 Å². The molecular formula is C28H16ClF4N5O2. The monoisotopic (exact) mass is 565 g/mol. The number of urea groups is 1. The van der Waals surface area contributed by atoms with Crippen LogP contribution in [0.3, 0.4) is 0 Å². The molecule has 5 rings (SSSR count). The lowest BCUT2D eigenvalue weighted by molar-refractivity contribution is -0.137. The Morgan fingerprint density at radius 1 is 0.850 bits per heavy atom. The predicted octanol–water partition coefficient (Wildman–Crippen LogP) is 7.38. The molecule has 0 fully saturated rings. The van der Waals surface area contributed by atoms with Gasteiger partial charge in [-0.25, -0.2) is 14.2 Å². The Morgan fingerprint density at radius 3 is 2.30 bits per heavy atom. The normalized spacial score (nSPS) is 11.3. The number of rotatable bonds is 5. The number of nitrogens with one attached hydrogen (secondary N) is 2. The number of benzene rings is 3. The zero-order valence-corrected chi connectivity index (χ0v) is 20.9. The Balaban J connectivity index is 1.32. The number of carbonyl (C=O) groups excluding carboxylic acids is 2. The molecule has 0 bridgehead atoms. The summed E-state index contributed by atoms with van der Waals surface area (Å²) in [5.74, 6) is -1.53. The van der Waals surface area contributed by atoms with E-state index in [1.165, 1.54) is 30.3 Å². The standard InChI is InChI=1S/C28H16ClF4N5O2/c29-21-7-5-17(11-20(21)28(31,32)33)36-27(40)37-18-4-6-19(22(30)12-18)26(39)15-3-8-23-24(10-15)38-25(14-35-23)16-2-1-9-34-13-16/h1-14H,(H2,36,37,40). The van der Waals surface area contributed by atoms with E-state index in [1.807, 2.05) is 6.07 Å². The Labute approximate surface area is 228 Å². The smallest absolute Gasteiger partial charge is 0.308 e. The predicted molar refractivity (Wildman–Crippen MR) is 142 cm³/mol. The van der Waals surface area contributed by atoms with Crippen LogP contribution in [0.4, 0.5) is 33.7 Å². The van der Waals surface area contributed by atoms with E-state index >= 15 is 0 Å². The van der Waals surface area contributed by atoms with Gasteiger partial charge in [-0.15, -0.1) is 0 Å². The van der Waals surface area contributed by atoms with Crippen LogP contribution in [0.25, 0.3) is 22.3 Å². The summed E-state index contributed by atoms with van der Waals surface area (Å²) in [6.07, 6.45) is 0.134. The second-order valence-corrected chi connectivity index (χ2v) is 8.90. The summed E-state index contributed by atoms with van der Waals surface area (Å²) in [5, 5.41) is 4.03. The zero-order valence-electron chi connectivity index (χ0n) is 20.1. The number of halogens is 5. The molecule has 0 radical (unpaired) electrons. The molecule has 0 spiro atoms. The van der Waals surface area contributed by atoms with Crippen molar-refractivity contribution in [1.82, 2.24) is 15.0 Å². The summed E-state index contributed by atoms with van der Waals surface area (Å²) in [7, 11) is 0. The number of anilines is 2. The van der Waals surface area contributed by atoms with E-state index in [9.17, 15) is 27.2 Å². The first-order valence-electron chi connectivity index (χ1n) is 11.5. The third kappa shape index (κ3) is 5.74. The zero-order chi connectivity index (χ0) is 28.4. The van der Waals surface area contributed by atoms with E-state index < -0.39 is 34.4 Å². The van der Waals surface area contributed by atoms with Crippen LogP contribution in [0.5, 0.6) is 0 Å². The van der Waals surface area contributed by atoms with Gasteiger partial charge in [0, 0.05) is 34.9 Å². The molecule has 0 saturated carbocycles. The minimum atomic E-state index is -4.71. The minimum Gasteiger partial charge on any atom is -0.308 e. The van der Waals surface area contributed by atoms with Crippen molar-refractivity contribution in [2.75, 3.05) is 10.6 Å². The molecule has 3 aromatic carbocycles. The summed E-state index contributed by atoms with van der Waals surface area (Å²) in [5.41, 5.74) is 0.863. The number of amides is 2. The van der Waals surface area contributed by atoms with Crippen LogP contribution < -0.4 is 10.6 Å². The molecule has 0 unspecified atom stereocenters. The molecule has 2 aromatic heterocycles. The first kappa shape index (κ1) is 26.7. The summed E-state index contributed by atoms with van der Waals surface area (Å²) in [6.45, 7) is 0. The van der Waals surface area contributed by atoms with Crippen molar-refractivity contribution in [2.45, 2.75) is 6.18 Å². The number of nitrogens with zero attached hydrogens (tertiary/aromatic N) is 3. The van der Waals surface area contributed by atoms with Crippen molar-refractivity contribution in [2.24, 2.45) is 0 Å². The molecule has 0 aliphatic carbocycles. The van der Waals surface area contributed by atoms with E-state index in [4.69, 9.17) is 11.6 Å². The van der Waals surface area contributed by atoms with E-state index in [0.29, 0.717) is 22.8 Å². The number of aromatic nitrogens is 3. The molecule has 2 heterocycles. The number of pyridine rings is 1. The van der Waals surface area contributed by atoms with Crippen LogP contribution in [0, 0.1) is 5.82 Å². The van der Waals surface area contributed by atoms with Crippen molar-refractivity contribution in [1.29, 1.82) is 0 Å². The highest BCUT2D eigenvalue weighted by Gasteiger charge is 2.33. The molecule has 0 aliphatic heterocycles. The average molecular weight is 566 g/mol. The van der Waals surface area contributed by atoms with Crippen molar-refractivity contribution in [3.8, 4) is 11.3 Å². The Hall–Kier alpha value is -4.90. The topological polar surface area (TPSA) is 96.9 Å². The maximum Gasteiger partial charge on any atom is 0.417 e. The fourth-order valence-corrected chi connectivity index (χ4v) is 4.08. The van der Waals surface area contributed by atoms with Crippen LogP contribution >= 0.6 is 11.6 Å². The highest BCUT2D eigenvalue weighted by Crippen LogP contribution is 2.36. The van der Waals surface area contributed by atoms with Gasteiger partial charge in [-0.3, -0.25) is 14.8 Å². The first-order chi connectivity index (χ1) is 19.1. The molecule has 2 amide bonds. The molecule has 40 heavy (non-hydrogen) atoms. The van der Waals surface area contributed by atoms with E-state index in [1.54, 1.807) is 30.7 Å². The Bertz CT molecular complexity index is 1760. The quantitative estimate of drug-likeness (QED) is 0.171. The fourth-order valence-electron chi connectivity index (χ4n) is 3.85. The Kier molecular flexibility index (Phi) is 7.14. The van der Waals surface area contributed by atoms with Gasteiger partial charge in [-0.2, -0.15) is 13.2 Å². The molecule has 200 valence electrons. The SMILES string of the molecule is O=C(Nc1ccc(C(=O)c2ccc3ncc(-c4cccnc4)nc3c2)c(F)c1)Nc1ccc(Cl)c(C(F)(F)F)c1. The van der Waals surface area contributed by atoms with Gasteiger partial charge in [0.1, 0.15) is 5.82 Å². The molecule has 0 atom stereocenters. The molecule has 12 heteroatoms. The molecule has 2 N–H and O–H groups in total. The summed E-state index contributed by atoms with van der Waals surface area (Å²) in [6, 6.07) is 13.5. The van der Waals surface area contributed by atoms with Gasteiger partial charge in [-0.05, 0) is 66.7 Å². The number of hydrogen-bond acceptors (Lipinski definition) is 5. The van der Waals surface area contributed by atoms with Gasteiger partial charge in [-0.1, -0.05) is 11.6 Å². The molecular weight excluding hydrogens is 550 g/mol. The highest BCUT2D eigenvalue weighted by atomic mass is 35.5. The van der Waals surface area contributed by atoms with Crippen LogP contribution in [0.15, 0.2) is 85.3 Å². The second-order valence-electron chi connectivity index (χ2n) is 8.50. The van der Waals surface area contributed by atoms with Gasteiger partial charge in [0.05, 0.1) is 39.1 Å². The number of fused-ring (bicyclic) bond motifs is 1. The number of alkyl halides is 3. The van der Waals surface area contributed by atoms with Crippen molar-refractivity contribution in [3.05, 3.63) is 113 Å². The van der Waals surface area contributed by atoms with E-state index in [-0.39, 0.29) is 22.5 Å². The van der Waals surface area contributed by atoms with Crippen LogP contribution in [0.1, 0.15) is 21.5 Å². The fraction of sp³-hybridized carbons (Fsp3) is 0.0357. The first-order valence-corrected chi connectivity index (χ1v) is 11.9. The van der Waals surface area contributed by atoms with Gasteiger partial charge < -0.3 is 10.6 Å². The van der Waals surface area contributed by atoms with Gasteiger partial charge in [0.15, 0.2) is 5.78 Å². The van der Waals surface area contributed by atoms with Crippen LogP contribution in [0.2, 0.25) is 5.02 Å². The van der Waals surface area contributed by atoms with Gasteiger partial charge in [0.25, 0.3) is 0 Å². The average Bonchev–Trinajstić information content (AvgIpc) is 2.93. The summed E-state index contributed by atoms with van der Waals surface area (Å²) in [4.78, 5) is 38.3. The summed E-state index contributed by atoms with van der Waals surface area (Å²) >= 11 is 5.58. The number of hydrogen-bond donors (Lipinski definition) is 2. The van der Waals surface area contributed by atoms with Crippen molar-refractivity contribution < 1.29 is 27.2 Å². The molecule has 7 nitrogen and oxygen atoms in total. The molecule has 5 aromatic rings. The van der Waals surface area contributed by atoms with E-state index in [2.05, 4.69) is 25.6 Å². The molecule has 0 aliphatic rings. The number of carbonyl (C=O) groups is 2. The summed E-state index contributed by atoms with van der Waals surface area (Å²) < 4.78 is 54.1. The van der Waals surface area contributed by atoms with Crippen LogP contribution in [-0.4, -0.2) is 26.8 Å². The lowest BCUT2D eigenvalue weighted by Gasteiger charge is -2.13. The van der Waals surface area contributed by atoms with E-state index in [0.717, 1.165) is 17.7 Å². The van der Waals surface area contributed by atoms with Gasteiger partial charge >= 0.3 is 12.2 Å². The van der Waals surface area contributed by atoms with Gasteiger partial charge in [0.2, 0.25) is 0 Å². The maximum atomic E-state index is 14.9. The maximum absolute atomic E-state index is 14.9. The lowest BCUT2D eigenvalue weighted by atomic mass is 10.0. The number of ketones is 1. The molecule has 0 saturated heterocycles. The van der Waals surface area contributed by atoms with Crippen LogP contribution in [-0.2, 0) is 6.18 Å². The highest BCUT2D eigenvalue weighted by molar-refractivity contribution is 6.31. The van der Waals surface area contributed by atoms with Crippen molar-refractivity contribution >= 4 is 45.8 Å². The Morgan fingerprint density at radius 2 is 1.60 bits per heavy atom. The second kappa shape index (κ2) is 10.7. The minimum absolute atomic E-state index is 0.0259. The largest absolute Gasteiger partial charge is 0.417 e.